The molecule has 2 aromatic heterocycles. The van der Waals surface area contributed by atoms with Gasteiger partial charge in [-0.2, -0.15) is 0 Å². The van der Waals surface area contributed by atoms with E-state index in [-0.39, 0.29) is 23.3 Å². The van der Waals surface area contributed by atoms with Crippen molar-refractivity contribution >= 4 is 29.4 Å². The molecule has 0 aliphatic carbocycles. The van der Waals surface area contributed by atoms with Gasteiger partial charge in [0.05, 0.1) is 42.2 Å². The summed E-state index contributed by atoms with van der Waals surface area (Å²) in [5, 5.41) is 9.14. The number of rotatable bonds is 8. The molecule has 1 aliphatic rings. The summed E-state index contributed by atoms with van der Waals surface area (Å²) in [5.41, 5.74) is 1.68. The number of ether oxygens (including phenoxy) is 3. The number of furan rings is 1. The molecule has 1 aliphatic heterocycles. The molecule has 1 atom stereocenters. The van der Waals surface area contributed by atoms with E-state index >= 15 is 0 Å². The second-order valence-electron chi connectivity index (χ2n) is 8.99. The summed E-state index contributed by atoms with van der Waals surface area (Å²) in [6, 6.07) is 14.1. The Morgan fingerprint density at radius 2 is 1.85 bits per heavy atom. The van der Waals surface area contributed by atoms with E-state index in [4.69, 9.17) is 23.7 Å². The van der Waals surface area contributed by atoms with Crippen LogP contribution in [0.2, 0.25) is 0 Å². The van der Waals surface area contributed by atoms with Gasteiger partial charge in [0.1, 0.15) is 29.1 Å². The van der Waals surface area contributed by atoms with E-state index in [1.165, 1.54) is 30.9 Å². The minimum atomic E-state index is -1.02. The molecule has 41 heavy (non-hydrogen) atoms. The summed E-state index contributed by atoms with van der Waals surface area (Å²) in [5.74, 6) is 0.331. The SMILES string of the molecule is CCOC(=O)C1=C(C)N=c2s/c(=C/c3ccc(-c4ccc(C(=O)O)cc4)o3)c(=O)n2[C@H]1c1cc(OC)ccc1OC. The average Bonchev–Trinajstić information content (AvgIpc) is 3.56. The third kappa shape index (κ3) is 5.19. The zero-order valence-electron chi connectivity index (χ0n) is 22.7. The van der Waals surface area contributed by atoms with Gasteiger partial charge in [0.25, 0.3) is 5.56 Å². The van der Waals surface area contributed by atoms with Crippen LogP contribution in [0.3, 0.4) is 0 Å². The Balaban J connectivity index is 1.64. The monoisotopic (exact) mass is 574 g/mol. The van der Waals surface area contributed by atoms with Gasteiger partial charge in [0.15, 0.2) is 4.80 Å². The number of carboxylic acid groups (broad SMARTS) is 1. The van der Waals surface area contributed by atoms with Crippen LogP contribution in [0.1, 0.15) is 41.6 Å². The zero-order valence-corrected chi connectivity index (χ0v) is 23.5. The van der Waals surface area contributed by atoms with Crippen molar-refractivity contribution in [3.8, 4) is 22.8 Å². The molecule has 0 saturated carbocycles. The molecular formula is C30H26N2O8S. The van der Waals surface area contributed by atoms with Gasteiger partial charge in [-0.25, -0.2) is 14.6 Å². The van der Waals surface area contributed by atoms with E-state index in [0.29, 0.717) is 49.2 Å². The van der Waals surface area contributed by atoms with Gasteiger partial charge in [-0.1, -0.05) is 23.5 Å². The molecule has 4 aromatic rings. The number of nitrogens with zero attached hydrogens (tertiary/aromatic N) is 2. The van der Waals surface area contributed by atoms with Crippen LogP contribution >= 0.6 is 11.3 Å². The van der Waals surface area contributed by atoms with Gasteiger partial charge in [-0.3, -0.25) is 9.36 Å². The summed E-state index contributed by atoms with van der Waals surface area (Å²) >= 11 is 1.16. The molecule has 0 unspecified atom stereocenters. The van der Waals surface area contributed by atoms with E-state index < -0.39 is 18.0 Å². The van der Waals surface area contributed by atoms with E-state index in [0.717, 1.165) is 11.3 Å². The summed E-state index contributed by atoms with van der Waals surface area (Å²) < 4.78 is 24.2. The van der Waals surface area contributed by atoms with E-state index in [1.807, 2.05) is 0 Å². The second kappa shape index (κ2) is 11.3. The number of carbonyl (C=O) groups excluding carboxylic acids is 1. The van der Waals surface area contributed by atoms with Crippen LogP contribution in [0.4, 0.5) is 0 Å². The first-order chi connectivity index (χ1) is 19.7. The van der Waals surface area contributed by atoms with Crippen molar-refractivity contribution < 1.29 is 33.3 Å². The number of hydrogen-bond acceptors (Lipinski definition) is 9. The summed E-state index contributed by atoms with van der Waals surface area (Å²) in [7, 11) is 3.04. The normalized spacial score (nSPS) is 14.8. The van der Waals surface area contributed by atoms with E-state index in [2.05, 4.69) is 4.99 Å². The minimum Gasteiger partial charge on any atom is -0.497 e. The van der Waals surface area contributed by atoms with Crippen molar-refractivity contribution in [2.24, 2.45) is 4.99 Å². The van der Waals surface area contributed by atoms with Crippen LogP contribution in [0.25, 0.3) is 17.4 Å². The van der Waals surface area contributed by atoms with Crippen LogP contribution in [0, 0.1) is 0 Å². The molecule has 0 spiro atoms. The molecule has 0 radical (unpaired) electrons. The van der Waals surface area contributed by atoms with Gasteiger partial charge < -0.3 is 23.7 Å². The number of hydrogen-bond donors (Lipinski definition) is 1. The third-order valence-corrected chi connectivity index (χ3v) is 7.55. The summed E-state index contributed by atoms with van der Waals surface area (Å²) in [4.78, 5) is 43.2. The van der Waals surface area contributed by atoms with Crippen LogP contribution < -0.4 is 24.4 Å². The van der Waals surface area contributed by atoms with Crippen LogP contribution in [0.5, 0.6) is 11.5 Å². The molecule has 11 heteroatoms. The molecular weight excluding hydrogens is 548 g/mol. The van der Waals surface area contributed by atoms with Gasteiger partial charge >= 0.3 is 11.9 Å². The predicted octanol–water partition coefficient (Wildman–Crippen LogP) is 3.77. The largest absolute Gasteiger partial charge is 0.497 e. The number of methoxy groups -OCH3 is 2. The highest BCUT2D eigenvalue weighted by Gasteiger charge is 2.35. The van der Waals surface area contributed by atoms with Gasteiger partial charge in [-0.05, 0) is 56.3 Å². The Kier molecular flexibility index (Phi) is 7.62. The molecule has 210 valence electrons. The highest BCUT2D eigenvalue weighted by atomic mass is 32.1. The lowest BCUT2D eigenvalue weighted by molar-refractivity contribution is -0.139. The van der Waals surface area contributed by atoms with Crippen LogP contribution in [-0.4, -0.2) is 42.4 Å². The first-order valence-electron chi connectivity index (χ1n) is 12.6. The molecule has 5 rings (SSSR count). The fraction of sp³-hybridized carbons (Fsp3) is 0.200. The van der Waals surface area contributed by atoms with Crippen molar-refractivity contribution in [1.29, 1.82) is 0 Å². The fourth-order valence-electron chi connectivity index (χ4n) is 4.63. The molecule has 0 amide bonds. The number of thiazole rings is 1. The first-order valence-corrected chi connectivity index (χ1v) is 13.4. The van der Waals surface area contributed by atoms with Gasteiger partial charge in [0.2, 0.25) is 0 Å². The fourth-order valence-corrected chi connectivity index (χ4v) is 5.66. The number of fused-ring (bicyclic) bond motifs is 1. The molecule has 0 fully saturated rings. The van der Waals surface area contributed by atoms with Gasteiger partial charge in [-0.15, -0.1) is 0 Å². The maximum absolute atomic E-state index is 13.9. The number of aromatic nitrogens is 1. The van der Waals surface area contributed by atoms with Crippen molar-refractivity contribution in [1.82, 2.24) is 4.57 Å². The Labute approximate surface area is 238 Å². The van der Waals surface area contributed by atoms with Crippen molar-refractivity contribution in [2.45, 2.75) is 19.9 Å². The maximum atomic E-state index is 13.9. The standard InChI is InChI=1S/C30H26N2O8S/c1-5-39-29(36)25-16(2)31-30-32(26(25)21-14-19(37-3)10-13-23(21)38-4)27(33)24(41-30)15-20-11-12-22(40-20)17-6-8-18(9-7-17)28(34)35/h6-15,26H,5H2,1-4H3,(H,34,35)/b24-15+/t26-/m0/s1. The second-order valence-corrected chi connectivity index (χ2v) is 10.0. The smallest absolute Gasteiger partial charge is 0.338 e. The number of aromatic carboxylic acids is 1. The van der Waals surface area contributed by atoms with Crippen molar-refractivity contribution in [3.05, 3.63) is 102 Å². The Morgan fingerprint density at radius 1 is 1.10 bits per heavy atom. The van der Waals surface area contributed by atoms with E-state index in [1.54, 1.807) is 62.4 Å². The van der Waals surface area contributed by atoms with Crippen LogP contribution in [-0.2, 0) is 9.53 Å². The topological polar surface area (TPSA) is 130 Å². The average molecular weight is 575 g/mol. The summed E-state index contributed by atoms with van der Waals surface area (Å²) in [6.07, 6.45) is 1.61. The minimum absolute atomic E-state index is 0.155. The van der Waals surface area contributed by atoms with E-state index in [9.17, 15) is 14.4 Å². The molecule has 1 N–H and O–H groups in total. The number of esters is 1. The highest BCUT2D eigenvalue weighted by molar-refractivity contribution is 7.07. The summed E-state index contributed by atoms with van der Waals surface area (Å²) in [6.45, 7) is 3.57. The quantitative estimate of drug-likeness (QED) is 0.315. The lowest BCUT2D eigenvalue weighted by Crippen LogP contribution is -2.40. The number of benzene rings is 2. The molecule has 0 bridgehead atoms. The van der Waals surface area contributed by atoms with Crippen molar-refractivity contribution in [3.63, 3.8) is 0 Å². The number of allylic oxidation sites excluding steroid dienone is 1. The molecule has 0 saturated heterocycles. The van der Waals surface area contributed by atoms with Crippen molar-refractivity contribution in [2.75, 3.05) is 20.8 Å². The molecule has 2 aromatic carbocycles. The Hall–Kier alpha value is -4.90. The predicted molar refractivity (Wildman–Crippen MR) is 151 cm³/mol. The maximum Gasteiger partial charge on any atom is 0.338 e. The van der Waals surface area contributed by atoms with Gasteiger partial charge in [0, 0.05) is 17.2 Å². The first kappa shape index (κ1) is 27.7. The lowest BCUT2D eigenvalue weighted by Gasteiger charge is -2.26. The number of carbonyl (C=O) groups is 2. The Bertz CT molecular complexity index is 1860. The third-order valence-electron chi connectivity index (χ3n) is 6.56. The highest BCUT2D eigenvalue weighted by Crippen LogP contribution is 2.37. The lowest BCUT2D eigenvalue weighted by atomic mass is 9.95. The molecule has 3 heterocycles. The van der Waals surface area contributed by atoms with Crippen LogP contribution in [0.15, 0.2) is 80.1 Å². The zero-order chi connectivity index (χ0) is 29.3. The Morgan fingerprint density at radius 3 is 2.51 bits per heavy atom. The molecule has 10 nitrogen and oxygen atoms in total. The number of carboxylic acids is 1.